The van der Waals surface area contributed by atoms with Gasteiger partial charge < -0.3 is 24.9 Å². The van der Waals surface area contributed by atoms with Gasteiger partial charge in [-0.05, 0) is 30.3 Å². The summed E-state index contributed by atoms with van der Waals surface area (Å²) >= 11 is 0. The van der Waals surface area contributed by atoms with Crippen molar-refractivity contribution in [2.75, 3.05) is 20.0 Å². The highest BCUT2D eigenvalue weighted by atomic mass is 16.5. The first kappa shape index (κ1) is 15.7. The van der Waals surface area contributed by atoms with Crippen LogP contribution in [0.3, 0.4) is 0 Å². The minimum atomic E-state index is -0.998. The van der Waals surface area contributed by atoms with E-state index < -0.39 is 5.97 Å². The van der Waals surface area contributed by atoms with Crippen molar-refractivity contribution in [1.29, 1.82) is 0 Å². The van der Waals surface area contributed by atoms with Crippen LogP contribution in [-0.4, -0.2) is 34.8 Å². The van der Waals surface area contributed by atoms with Crippen molar-refractivity contribution in [1.82, 2.24) is 9.55 Å². The van der Waals surface area contributed by atoms with E-state index in [0.29, 0.717) is 29.5 Å². The number of aromatic carboxylic acids is 1. The van der Waals surface area contributed by atoms with Crippen LogP contribution in [0, 0.1) is 0 Å². The average molecular weight is 327 g/mol. The van der Waals surface area contributed by atoms with Gasteiger partial charge in [0.05, 0.1) is 37.4 Å². The predicted molar refractivity (Wildman–Crippen MR) is 89.8 cm³/mol. The van der Waals surface area contributed by atoms with Crippen molar-refractivity contribution in [3.8, 4) is 11.5 Å². The summed E-state index contributed by atoms with van der Waals surface area (Å²) in [6, 6.07) is 10.3. The number of fused-ring (bicyclic) bond motifs is 1. The normalized spacial score (nSPS) is 10.8. The first-order valence-corrected chi connectivity index (χ1v) is 7.23. The maximum Gasteiger partial charge on any atom is 0.335 e. The summed E-state index contributed by atoms with van der Waals surface area (Å²) in [5.74, 6) is 0.690. The zero-order valence-electron chi connectivity index (χ0n) is 13.3. The molecule has 0 saturated carbocycles. The van der Waals surface area contributed by atoms with E-state index in [-0.39, 0.29) is 5.56 Å². The number of aromatic nitrogens is 2. The topological polar surface area (TPSA) is 99.6 Å². The zero-order chi connectivity index (χ0) is 17.3. The molecule has 3 N–H and O–H groups in total. The van der Waals surface area contributed by atoms with E-state index in [2.05, 4.69) is 4.98 Å². The molecular weight excluding hydrogens is 310 g/mol. The summed E-state index contributed by atoms with van der Waals surface area (Å²) < 4.78 is 12.4. The molecule has 0 amide bonds. The van der Waals surface area contributed by atoms with Gasteiger partial charge >= 0.3 is 5.97 Å². The van der Waals surface area contributed by atoms with Gasteiger partial charge in [0.15, 0.2) is 0 Å². The van der Waals surface area contributed by atoms with Crippen molar-refractivity contribution < 1.29 is 19.4 Å². The molecule has 0 aliphatic heterocycles. The van der Waals surface area contributed by atoms with Crippen LogP contribution in [0.1, 0.15) is 15.9 Å². The number of hydrogen-bond donors (Lipinski definition) is 2. The minimum absolute atomic E-state index is 0.175. The largest absolute Gasteiger partial charge is 0.497 e. The lowest BCUT2D eigenvalue weighted by molar-refractivity contribution is 0.0697. The number of rotatable bonds is 5. The van der Waals surface area contributed by atoms with E-state index in [1.54, 1.807) is 26.4 Å². The summed E-state index contributed by atoms with van der Waals surface area (Å²) in [4.78, 5) is 15.3. The Morgan fingerprint density at radius 1 is 1.21 bits per heavy atom. The van der Waals surface area contributed by atoms with Crippen LogP contribution in [0.2, 0.25) is 0 Å². The third-order valence-electron chi connectivity index (χ3n) is 3.85. The SMILES string of the molecule is COc1ccc(Cn2c(N)nc3cc(C(=O)O)ccc32)c(OC)c1. The fourth-order valence-corrected chi connectivity index (χ4v) is 2.60. The maximum atomic E-state index is 11.1. The number of ether oxygens (including phenoxy) is 2. The molecule has 1 aromatic heterocycles. The second kappa shape index (κ2) is 6.11. The molecule has 124 valence electrons. The van der Waals surface area contributed by atoms with E-state index in [0.717, 1.165) is 11.1 Å². The number of nitrogens with zero attached hydrogens (tertiary/aromatic N) is 2. The summed E-state index contributed by atoms with van der Waals surface area (Å²) in [5, 5.41) is 9.08. The quantitative estimate of drug-likeness (QED) is 0.746. The van der Waals surface area contributed by atoms with Gasteiger partial charge in [-0.3, -0.25) is 0 Å². The number of hydrogen-bond acceptors (Lipinski definition) is 5. The van der Waals surface area contributed by atoms with Crippen molar-refractivity contribution in [2.45, 2.75) is 6.54 Å². The number of nitrogens with two attached hydrogens (primary N) is 1. The van der Waals surface area contributed by atoms with Gasteiger partial charge in [-0.15, -0.1) is 0 Å². The molecule has 0 fully saturated rings. The lowest BCUT2D eigenvalue weighted by atomic mass is 10.1. The monoisotopic (exact) mass is 327 g/mol. The number of benzene rings is 2. The Morgan fingerprint density at radius 3 is 2.67 bits per heavy atom. The molecule has 1 heterocycles. The van der Waals surface area contributed by atoms with Gasteiger partial charge in [-0.2, -0.15) is 0 Å². The van der Waals surface area contributed by atoms with E-state index in [9.17, 15) is 4.79 Å². The van der Waals surface area contributed by atoms with Gasteiger partial charge in [0.25, 0.3) is 0 Å². The number of anilines is 1. The van der Waals surface area contributed by atoms with E-state index >= 15 is 0 Å². The van der Waals surface area contributed by atoms with Gasteiger partial charge in [-0.1, -0.05) is 0 Å². The predicted octanol–water partition coefficient (Wildman–Crippen LogP) is 2.38. The summed E-state index contributed by atoms with van der Waals surface area (Å²) in [6.07, 6.45) is 0. The lowest BCUT2D eigenvalue weighted by Gasteiger charge is -2.12. The second-order valence-electron chi connectivity index (χ2n) is 5.24. The standard InChI is InChI=1S/C17H17N3O4/c1-23-12-5-3-11(15(8-12)24-2)9-20-14-6-4-10(16(21)22)7-13(14)19-17(20)18/h3-8H,9H2,1-2H3,(H2,18,19)(H,21,22). The van der Waals surface area contributed by atoms with E-state index in [1.807, 2.05) is 16.7 Å². The van der Waals surface area contributed by atoms with Gasteiger partial charge in [0.1, 0.15) is 11.5 Å². The fraction of sp³-hybridized carbons (Fsp3) is 0.176. The van der Waals surface area contributed by atoms with E-state index in [1.165, 1.54) is 12.1 Å². The molecule has 3 rings (SSSR count). The molecular formula is C17H17N3O4. The number of nitrogen functional groups attached to an aromatic ring is 1. The second-order valence-corrected chi connectivity index (χ2v) is 5.24. The van der Waals surface area contributed by atoms with Gasteiger partial charge in [0.2, 0.25) is 5.95 Å². The third kappa shape index (κ3) is 2.71. The van der Waals surface area contributed by atoms with Crippen molar-refractivity contribution >= 4 is 23.0 Å². The molecule has 0 aliphatic rings. The third-order valence-corrected chi connectivity index (χ3v) is 3.85. The Hall–Kier alpha value is -3.22. The number of carboxylic acids is 1. The summed E-state index contributed by atoms with van der Waals surface area (Å²) in [7, 11) is 3.18. The highest BCUT2D eigenvalue weighted by Gasteiger charge is 2.14. The van der Waals surface area contributed by atoms with Crippen LogP contribution in [0.25, 0.3) is 11.0 Å². The average Bonchev–Trinajstić information content (AvgIpc) is 2.90. The zero-order valence-corrected chi connectivity index (χ0v) is 13.3. The fourth-order valence-electron chi connectivity index (χ4n) is 2.60. The molecule has 2 aromatic carbocycles. The van der Waals surface area contributed by atoms with Crippen LogP contribution in [0.15, 0.2) is 36.4 Å². The number of imidazole rings is 1. The Balaban J connectivity index is 2.04. The molecule has 7 heteroatoms. The Labute approximate surface area is 138 Å². The molecule has 0 atom stereocenters. The highest BCUT2D eigenvalue weighted by Crippen LogP contribution is 2.28. The minimum Gasteiger partial charge on any atom is -0.497 e. The highest BCUT2D eigenvalue weighted by molar-refractivity contribution is 5.93. The molecule has 0 saturated heterocycles. The van der Waals surface area contributed by atoms with Crippen LogP contribution in [0.5, 0.6) is 11.5 Å². The lowest BCUT2D eigenvalue weighted by Crippen LogP contribution is -2.06. The van der Waals surface area contributed by atoms with Crippen LogP contribution >= 0.6 is 0 Å². The molecule has 0 aliphatic carbocycles. The van der Waals surface area contributed by atoms with Crippen molar-refractivity contribution in [3.63, 3.8) is 0 Å². The summed E-state index contributed by atoms with van der Waals surface area (Å²) in [6.45, 7) is 0.446. The molecule has 0 radical (unpaired) electrons. The molecule has 3 aromatic rings. The molecule has 7 nitrogen and oxygen atoms in total. The molecule has 0 bridgehead atoms. The number of carboxylic acid groups (broad SMARTS) is 1. The van der Waals surface area contributed by atoms with Crippen molar-refractivity contribution in [2.24, 2.45) is 0 Å². The Morgan fingerprint density at radius 2 is 2.00 bits per heavy atom. The molecule has 0 spiro atoms. The van der Waals surface area contributed by atoms with Crippen LogP contribution in [0.4, 0.5) is 5.95 Å². The van der Waals surface area contributed by atoms with E-state index in [4.69, 9.17) is 20.3 Å². The molecule has 0 unspecified atom stereocenters. The number of methoxy groups -OCH3 is 2. The van der Waals surface area contributed by atoms with Gasteiger partial charge in [0, 0.05) is 11.6 Å². The number of carbonyl (C=O) groups is 1. The van der Waals surface area contributed by atoms with Crippen LogP contribution < -0.4 is 15.2 Å². The molecule has 24 heavy (non-hydrogen) atoms. The first-order valence-electron chi connectivity index (χ1n) is 7.23. The smallest absolute Gasteiger partial charge is 0.335 e. The Kier molecular flexibility index (Phi) is 3.99. The van der Waals surface area contributed by atoms with Crippen LogP contribution in [-0.2, 0) is 6.54 Å². The first-order chi connectivity index (χ1) is 11.5. The maximum absolute atomic E-state index is 11.1. The summed E-state index contributed by atoms with van der Waals surface area (Å²) in [5.41, 5.74) is 8.40. The Bertz CT molecular complexity index is 918. The van der Waals surface area contributed by atoms with Gasteiger partial charge in [-0.25, -0.2) is 9.78 Å². The van der Waals surface area contributed by atoms with Crippen molar-refractivity contribution in [3.05, 3.63) is 47.5 Å².